The molecule has 0 atom stereocenters. The van der Waals surface area contributed by atoms with Crippen LogP contribution in [0.15, 0.2) is 0 Å². The Labute approximate surface area is 76.2 Å². The summed E-state index contributed by atoms with van der Waals surface area (Å²) in [4.78, 5) is 2.17. The van der Waals surface area contributed by atoms with Crippen molar-refractivity contribution in [3.05, 3.63) is 0 Å². The third-order valence-corrected chi connectivity index (χ3v) is 0.986. The van der Waals surface area contributed by atoms with Crippen LogP contribution < -0.4 is 5.32 Å². The average Bonchev–Trinajstić information content (AvgIpc) is 1.66. The summed E-state index contributed by atoms with van der Waals surface area (Å²) in [6.07, 6.45) is 0. The van der Waals surface area contributed by atoms with E-state index < -0.39 is 0 Å². The van der Waals surface area contributed by atoms with Crippen LogP contribution in [0, 0.1) is 0 Å². The minimum Gasteiger partial charge on any atom is -0.316 e. The van der Waals surface area contributed by atoms with Crippen molar-refractivity contribution in [3.63, 3.8) is 0 Å². The second kappa shape index (κ2) is 12.2. The van der Waals surface area contributed by atoms with Crippen molar-refractivity contribution in [2.75, 3.05) is 33.7 Å². The van der Waals surface area contributed by atoms with E-state index in [4.69, 9.17) is 0 Å². The van der Waals surface area contributed by atoms with Crippen molar-refractivity contribution in [1.82, 2.24) is 10.2 Å². The van der Waals surface area contributed by atoms with E-state index in [1.54, 1.807) is 0 Å². The minimum atomic E-state index is 0. The molecular formula is C6H18Cl2N2. The van der Waals surface area contributed by atoms with E-state index in [-0.39, 0.29) is 24.8 Å². The summed E-state index contributed by atoms with van der Waals surface area (Å²) in [5.41, 5.74) is 0. The fraction of sp³-hybridized carbons (Fsp3) is 1.00. The molecule has 0 unspecified atom stereocenters. The number of hydrogen-bond donors (Lipinski definition) is 1. The first kappa shape index (κ1) is 16.8. The third kappa shape index (κ3) is 15.8. The lowest BCUT2D eigenvalue weighted by atomic mass is 10.5. The first-order chi connectivity index (χ1) is 3.77. The van der Waals surface area contributed by atoms with Crippen LogP contribution in [0.4, 0.5) is 0 Å². The van der Waals surface area contributed by atoms with Crippen LogP contribution in [-0.4, -0.2) is 38.6 Å². The molecule has 0 radical (unpaired) electrons. The second-order valence-electron chi connectivity index (χ2n) is 2.16. The van der Waals surface area contributed by atoms with Crippen LogP contribution in [0.3, 0.4) is 0 Å². The molecule has 0 aromatic heterocycles. The summed E-state index contributed by atoms with van der Waals surface area (Å²) in [6.45, 7) is 5.43. The van der Waals surface area contributed by atoms with Gasteiger partial charge < -0.3 is 10.2 Å². The maximum Gasteiger partial charge on any atom is 0.0101 e. The molecule has 0 rings (SSSR count). The number of nitrogens with zero attached hydrogens (tertiary/aromatic N) is 1. The number of nitrogens with one attached hydrogen (secondary N) is 1. The smallest absolute Gasteiger partial charge is 0.0101 e. The standard InChI is InChI=1S/C6H16N2.2ClH/c1-4-7-5-6-8(2)3;;/h7H,4-6H2,1-3H3;2*1H. The summed E-state index contributed by atoms with van der Waals surface area (Å²) in [5.74, 6) is 0. The Kier molecular flexibility index (Phi) is 20.6. The zero-order valence-corrected chi connectivity index (χ0v) is 8.52. The first-order valence-electron chi connectivity index (χ1n) is 3.12. The van der Waals surface area contributed by atoms with Crippen LogP contribution in [0.5, 0.6) is 0 Å². The minimum absolute atomic E-state index is 0. The van der Waals surface area contributed by atoms with Crippen LogP contribution in [-0.2, 0) is 0 Å². The van der Waals surface area contributed by atoms with Crippen LogP contribution in [0.1, 0.15) is 6.92 Å². The number of hydrogen-bond acceptors (Lipinski definition) is 2. The number of halogens is 2. The Morgan fingerprint density at radius 3 is 2.00 bits per heavy atom. The monoisotopic (exact) mass is 188 g/mol. The maximum atomic E-state index is 3.24. The zero-order valence-electron chi connectivity index (χ0n) is 6.89. The molecule has 2 nitrogen and oxygen atoms in total. The van der Waals surface area contributed by atoms with E-state index in [1.165, 1.54) is 0 Å². The predicted octanol–water partition coefficient (Wildman–Crippen LogP) is 1.00. The Morgan fingerprint density at radius 2 is 1.70 bits per heavy atom. The Hall–Kier alpha value is 0.500. The lowest BCUT2D eigenvalue weighted by Gasteiger charge is -2.08. The Bertz CT molecular complexity index is 51.0. The van der Waals surface area contributed by atoms with Crippen molar-refractivity contribution >= 4 is 24.8 Å². The molecule has 0 aromatic carbocycles. The van der Waals surface area contributed by atoms with E-state index >= 15 is 0 Å². The molecule has 0 saturated carbocycles. The quantitative estimate of drug-likeness (QED) is 0.664. The van der Waals surface area contributed by atoms with Gasteiger partial charge in [-0.15, -0.1) is 24.8 Å². The lowest BCUT2D eigenvalue weighted by Crippen LogP contribution is -2.26. The fourth-order valence-corrected chi connectivity index (χ4v) is 0.479. The van der Waals surface area contributed by atoms with E-state index in [1.807, 2.05) is 0 Å². The molecule has 1 N–H and O–H groups in total. The van der Waals surface area contributed by atoms with Gasteiger partial charge in [0.2, 0.25) is 0 Å². The van der Waals surface area contributed by atoms with Gasteiger partial charge in [0.05, 0.1) is 0 Å². The molecule has 0 aromatic rings. The van der Waals surface area contributed by atoms with Gasteiger partial charge in [-0.05, 0) is 20.6 Å². The Morgan fingerprint density at radius 1 is 1.20 bits per heavy atom. The largest absolute Gasteiger partial charge is 0.316 e. The van der Waals surface area contributed by atoms with Crippen LogP contribution >= 0.6 is 24.8 Å². The van der Waals surface area contributed by atoms with Gasteiger partial charge in [-0.1, -0.05) is 6.92 Å². The molecule has 66 valence electrons. The molecule has 4 heteroatoms. The molecule has 0 aliphatic heterocycles. The third-order valence-electron chi connectivity index (χ3n) is 0.986. The molecule has 0 aliphatic rings. The van der Waals surface area contributed by atoms with Gasteiger partial charge in [0, 0.05) is 13.1 Å². The molecule has 0 fully saturated rings. The molecule has 0 heterocycles. The zero-order chi connectivity index (χ0) is 6.41. The second-order valence-corrected chi connectivity index (χ2v) is 2.16. The van der Waals surface area contributed by atoms with Crippen molar-refractivity contribution in [1.29, 1.82) is 0 Å². The van der Waals surface area contributed by atoms with Gasteiger partial charge in [0.25, 0.3) is 0 Å². The van der Waals surface area contributed by atoms with Crippen LogP contribution in [0.2, 0.25) is 0 Å². The van der Waals surface area contributed by atoms with Crippen molar-refractivity contribution in [2.45, 2.75) is 6.92 Å². The van der Waals surface area contributed by atoms with Gasteiger partial charge >= 0.3 is 0 Å². The van der Waals surface area contributed by atoms with Gasteiger partial charge in [-0.25, -0.2) is 0 Å². The van der Waals surface area contributed by atoms with E-state index in [0.717, 1.165) is 19.6 Å². The maximum absolute atomic E-state index is 3.24. The normalized spacial score (nSPS) is 8.40. The molecule has 0 spiro atoms. The fourth-order valence-electron chi connectivity index (χ4n) is 0.479. The summed E-state index contributed by atoms with van der Waals surface area (Å²) in [7, 11) is 4.16. The first-order valence-corrected chi connectivity index (χ1v) is 3.12. The summed E-state index contributed by atoms with van der Waals surface area (Å²) >= 11 is 0. The van der Waals surface area contributed by atoms with Gasteiger partial charge in [-0.3, -0.25) is 0 Å². The molecule has 0 bridgehead atoms. The molecule has 10 heavy (non-hydrogen) atoms. The highest BCUT2D eigenvalue weighted by Gasteiger charge is 1.84. The lowest BCUT2D eigenvalue weighted by molar-refractivity contribution is 0.402. The van der Waals surface area contributed by atoms with Crippen molar-refractivity contribution in [3.8, 4) is 0 Å². The topological polar surface area (TPSA) is 15.3 Å². The number of rotatable bonds is 4. The van der Waals surface area contributed by atoms with E-state index in [2.05, 4.69) is 31.2 Å². The van der Waals surface area contributed by atoms with E-state index in [9.17, 15) is 0 Å². The number of likely N-dealkylation sites (N-methyl/N-ethyl adjacent to an activating group) is 2. The molecule has 0 aliphatic carbocycles. The Balaban J connectivity index is -0.000000245. The highest BCUT2D eigenvalue weighted by Crippen LogP contribution is 1.68. The molecular weight excluding hydrogens is 171 g/mol. The average molecular weight is 189 g/mol. The van der Waals surface area contributed by atoms with Crippen LogP contribution in [0.25, 0.3) is 0 Å². The summed E-state index contributed by atoms with van der Waals surface area (Å²) in [6, 6.07) is 0. The summed E-state index contributed by atoms with van der Waals surface area (Å²) in [5, 5.41) is 3.24. The highest BCUT2D eigenvalue weighted by molar-refractivity contribution is 5.85. The van der Waals surface area contributed by atoms with E-state index in [0.29, 0.717) is 0 Å². The molecule has 0 amide bonds. The van der Waals surface area contributed by atoms with Gasteiger partial charge in [0.1, 0.15) is 0 Å². The van der Waals surface area contributed by atoms with Crippen molar-refractivity contribution < 1.29 is 0 Å². The highest BCUT2D eigenvalue weighted by atomic mass is 35.5. The SMILES string of the molecule is CCNCCN(C)C.Cl.Cl. The predicted molar refractivity (Wildman–Crippen MR) is 51.6 cm³/mol. The summed E-state index contributed by atoms with van der Waals surface area (Å²) < 4.78 is 0. The van der Waals surface area contributed by atoms with Gasteiger partial charge in [-0.2, -0.15) is 0 Å². The van der Waals surface area contributed by atoms with Crippen molar-refractivity contribution in [2.24, 2.45) is 0 Å². The molecule has 0 saturated heterocycles. The van der Waals surface area contributed by atoms with Gasteiger partial charge in [0.15, 0.2) is 0 Å².